The van der Waals surface area contributed by atoms with Crippen molar-refractivity contribution >= 4 is 5.91 Å². The minimum Gasteiger partial charge on any atom is -0.342 e. The van der Waals surface area contributed by atoms with Gasteiger partial charge in [0.1, 0.15) is 0 Å². The first-order valence-corrected chi connectivity index (χ1v) is 6.31. The quantitative estimate of drug-likeness (QED) is 0.821. The summed E-state index contributed by atoms with van der Waals surface area (Å²) in [7, 11) is 1.83. The summed E-state index contributed by atoms with van der Waals surface area (Å²) in [6, 6.07) is 0. The Hall–Kier alpha value is -0.710. The van der Waals surface area contributed by atoms with Crippen molar-refractivity contribution < 1.29 is 13.6 Å². The molecule has 17 heavy (non-hydrogen) atoms. The van der Waals surface area contributed by atoms with E-state index < -0.39 is 5.92 Å². The number of hydrogen-bond acceptors (Lipinski definition) is 2. The number of amides is 1. The molecule has 1 heterocycles. The number of halogens is 2. The van der Waals surface area contributed by atoms with Crippen LogP contribution >= 0.6 is 0 Å². The van der Waals surface area contributed by atoms with Crippen molar-refractivity contribution in [3.63, 3.8) is 0 Å². The standard InChI is InChI=1S/C12H20F2N2O/c1-15-9-11(3-2-4-11)10(17)16-7-5-12(13,14)6-8-16/h15H,2-9H2,1H3. The molecule has 0 spiro atoms. The van der Waals surface area contributed by atoms with Crippen molar-refractivity contribution in [2.45, 2.75) is 38.0 Å². The second kappa shape index (κ2) is 4.52. The van der Waals surface area contributed by atoms with Gasteiger partial charge < -0.3 is 10.2 Å². The van der Waals surface area contributed by atoms with Gasteiger partial charge in [-0.2, -0.15) is 0 Å². The fourth-order valence-corrected chi connectivity index (χ4v) is 2.78. The maximum atomic E-state index is 13.0. The van der Waals surface area contributed by atoms with Crippen molar-refractivity contribution in [3.05, 3.63) is 0 Å². The zero-order valence-electron chi connectivity index (χ0n) is 10.3. The van der Waals surface area contributed by atoms with Gasteiger partial charge in [-0.3, -0.25) is 4.79 Å². The Kier molecular flexibility index (Phi) is 3.39. The zero-order chi connectivity index (χ0) is 12.5. The Balaban J connectivity index is 1.96. The molecule has 1 aliphatic heterocycles. The number of hydrogen-bond donors (Lipinski definition) is 1. The van der Waals surface area contributed by atoms with Gasteiger partial charge in [0.2, 0.25) is 5.91 Å². The second-order valence-corrected chi connectivity index (χ2v) is 5.31. The van der Waals surface area contributed by atoms with E-state index in [0.29, 0.717) is 6.54 Å². The van der Waals surface area contributed by atoms with Crippen LogP contribution in [0.3, 0.4) is 0 Å². The zero-order valence-corrected chi connectivity index (χ0v) is 10.3. The van der Waals surface area contributed by atoms with Gasteiger partial charge in [0, 0.05) is 32.5 Å². The lowest BCUT2D eigenvalue weighted by Crippen LogP contribution is -2.55. The van der Waals surface area contributed by atoms with E-state index in [1.165, 1.54) is 0 Å². The Labute approximate surface area is 101 Å². The molecule has 1 amide bonds. The fourth-order valence-electron chi connectivity index (χ4n) is 2.78. The maximum Gasteiger partial charge on any atom is 0.251 e. The molecular formula is C12H20F2N2O. The third kappa shape index (κ3) is 2.44. The van der Waals surface area contributed by atoms with E-state index in [1.54, 1.807) is 4.90 Å². The van der Waals surface area contributed by atoms with Gasteiger partial charge in [-0.05, 0) is 19.9 Å². The monoisotopic (exact) mass is 246 g/mol. The number of likely N-dealkylation sites (tertiary alicyclic amines) is 1. The number of alkyl halides is 2. The van der Waals surface area contributed by atoms with E-state index in [4.69, 9.17) is 0 Å². The van der Waals surface area contributed by atoms with E-state index in [9.17, 15) is 13.6 Å². The van der Waals surface area contributed by atoms with Crippen LogP contribution in [0, 0.1) is 5.41 Å². The lowest BCUT2D eigenvalue weighted by molar-refractivity contribution is -0.152. The van der Waals surface area contributed by atoms with Crippen LogP contribution in [0.5, 0.6) is 0 Å². The van der Waals surface area contributed by atoms with Crippen LogP contribution in [0.25, 0.3) is 0 Å². The summed E-state index contributed by atoms with van der Waals surface area (Å²) < 4.78 is 26.1. The molecular weight excluding hydrogens is 226 g/mol. The van der Waals surface area contributed by atoms with Gasteiger partial charge in [0.05, 0.1) is 5.41 Å². The van der Waals surface area contributed by atoms with Gasteiger partial charge in [-0.1, -0.05) is 6.42 Å². The Morgan fingerprint density at radius 2 is 1.82 bits per heavy atom. The average Bonchev–Trinajstić information content (AvgIpc) is 2.22. The molecule has 0 radical (unpaired) electrons. The van der Waals surface area contributed by atoms with Crippen LogP contribution in [-0.4, -0.2) is 43.4 Å². The molecule has 0 bridgehead atoms. The molecule has 0 atom stereocenters. The molecule has 2 aliphatic rings. The molecule has 2 fully saturated rings. The molecule has 1 aliphatic carbocycles. The topological polar surface area (TPSA) is 32.3 Å². The summed E-state index contributed by atoms with van der Waals surface area (Å²) in [5, 5.41) is 3.05. The van der Waals surface area contributed by atoms with Crippen molar-refractivity contribution in [2.24, 2.45) is 5.41 Å². The molecule has 0 aromatic carbocycles. The molecule has 5 heteroatoms. The summed E-state index contributed by atoms with van der Waals surface area (Å²) in [5.74, 6) is -2.50. The lowest BCUT2D eigenvalue weighted by atomic mass is 9.67. The number of carbonyl (C=O) groups excluding carboxylic acids is 1. The third-order valence-corrected chi connectivity index (χ3v) is 4.06. The summed E-state index contributed by atoms with van der Waals surface area (Å²) in [6.07, 6.45) is 2.47. The summed E-state index contributed by atoms with van der Waals surface area (Å²) in [4.78, 5) is 14.0. The SMILES string of the molecule is CNCC1(C(=O)N2CCC(F)(F)CC2)CCC1. The average molecular weight is 246 g/mol. The number of nitrogens with one attached hydrogen (secondary N) is 1. The smallest absolute Gasteiger partial charge is 0.251 e. The van der Waals surface area contributed by atoms with Gasteiger partial charge in [-0.15, -0.1) is 0 Å². The Bertz CT molecular complexity index is 293. The van der Waals surface area contributed by atoms with E-state index in [-0.39, 0.29) is 37.3 Å². The van der Waals surface area contributed by atoms with Crippen molar-refractivity contribution in [1.29, 1.82) is 0 Å². The molecule has 1 saturated carbocycles. The minimum atomic E-state index is -2.58. The number of nitrogens with zero attached hydrogens (tertiary/aromatic N) is 1. The van der Waals surface area contributed by atoms with Crippen molar-refractivity contribution in [3.8, 4) is 0 Å². The molecule has 0 unspecified atom stereocenters. The molecule has 3 nitrogen and oxygen atoms in total. The highest BCUT2D eigenvalue weighted by Gasteiger charge is 2.47. The first kappa shape index (κ1) is 12.7. The summed E-state index contributed by atoms with van der Waals surface area (Å²) in [5.41, 5.74) is -0.304. The second-order valence-electron chi connectivity index (χ2n) is 5.31. The van der Waals surface area contributed by atoms with Crippen molar-refractivity contribution in [1.82, 2.24) is 10.2 Å². The maximum absolute atomic E-state index is 13.0. The van der Waals surface area contributed by atoms with Crippen LogP contribution in [0.1, 0.15) is 32.1 Å². The molecule has 1 saturated heterocycles. The first-order chi connectivity index (χ1) is 7.99. The lowest BCUT2D eigenvalue weighted by Gasteiger charge is -2.45. The largest absolute Gasteiger partial charge is 0.342 e. The van der Waals surface area contributed by atoms with Crippen LogP contribution in [0.15, 0.2) is 0 Å². The minimum absolute atomic E-state index is 0.0774. The summed E-state index contributed by atoms with van der Waals surface area (Å²) >= 11 is 0. The fraction of sp³-hybridized carbons (Fsp3) is 0.917. The Morgan fingerprint density at radius 3 is 2.24 bits per heavy atom. The number of carbonyl (C=O) groups is 1. The van der Waals surface area contributed by atoms with Crippen LogP contribution in [-0.2, 0) is 4.79 Å². The van der Waals surface area contributed by atoms with Gasteiger partial charge in [0.15, 0.2) is 0 Å². The molecule has 0 aromatic heterocycles. The predicted octanol–water partition coefficient (Wildman–Crippen LogP) is 1.63. The normalized spacial score (nSPS) is 26.4. The third-order valence-electron chi connectivity index (χ3n) is 4.06. The van der Waals surface area contributed by atoms with E-state index >= 15 is 0 Å². The predicted molar refractivity (Wildman–Crippen MR) is 61.0 cm³/mol. The first-order valence-electron chi connectivity index (χ1n) is 6.31. The van der Waals surface area contributed by atoms with Crippen LogP contribution in [0.2, 0.25) is 0 Å². The van der Waals surface area contributed by atoms with Gasteiger partial charge in [0.25, 0.3) is 5.92 Å². The molecule has 98 valence electrons. The van der Waals surface area contributed by atoms with Crippen molar-refractivity contribution in [2.75, 3.05) is 26.7 Å². The molecule has 1 N–H and O–H groups in total. The highest BCUT2D eigenvalue weighted by Crippen LogP contribution is 2.43. The number of piperidine rings is 1. The van der Waals surface area contributed by atoms with E-state index in [1.807, 2.05) is 7.05 Å². The van der Waals surface area contributed by atoms with E-state index in [0.717, 1.165) is 19.3 Å². The Morgan fingerprint density at radius 1 is 1.24 bits per heavy atom. The molecule has 2 rings (SSSR count). The van der Waals surface area contributed by atoms with E-state index in [2.05, 4.69) is 5.32 Å². The number of rotatable bonds is 3. The highest BCUT2D eigenvalue weighted by molar-refractivity contribution is 5.84. The molecule has 0 aromatic rings. The van der Waals surface area contributed by atoms with Crippen LogP contribution < -0.4 is 5.32 Å². The van der Waals surface area contributed by atoms with Gasteiger partial charge in [-0.25, -0.2) is 8.78 Å². The summed E-state index contributed by atoms with van der Waals surface area (Å²) in [6.45, 7) is 1.08. The van der Waals surface area contributed by atoms with Gasteiger partial charge >= 0.3 is 0 Å². The highest BCUT2D eigenvalue weighted by atomic mass is 19.3. The van der Waals surface area contributed by atoms with Crippen LogP contribution in [0.4, 0.5) is 8.78 Å².